The first-order chi connectivity index (χ1) is 10.2. The highest BCUT2D eigenvalue weighted by Gasteiger charge is 2.15. The lowest BCUT2D eigenvalue weighted by Crippen LogP contribution is -2.28. The Hall–Kier alpha value is -1.64. The average Bonchev–Trinajstić information content (AvgIpc) is 2.53. The predicted molar refractivity (Wildman–Crippen MR) is 86.2 cm³/mol. The van der Waals surface area contributed by atoms with Gasteiger partial charge in [-0.3, -0.25) is 0 Å². The minimum Gasteiger partial charge on any atom is -0.390 e. The molecule has 112 valence electrons. The molecule has 0 bridgehead atoms. The fraction of sp³-hybridized carbons (Fsp3) is 0.368. The van der Waals surface area contributed by atoms with Gasteiger partial charge in [0.1, 0.15) is 0 Å². The number of aryl methyl sites for hydroxylation is 1. The van der Waals surface area contributed by atoms with Crippen molar-refractivity contribution in [1.29, 1.82) is 0 Å². The second kappa shape index (κ2) is 7.96. The molecule has 0 radical (unpaired) electrons. The largest absolute Gasteiger partial charge is 0.390 e. The molecule has 0 aliphatic carbocycles. The van der Waals surface area contributed by atoms with Crippen LogP contribution in [0.1, 0.15) is 30.5 Å². The lowest BCUT2D eigenvalue weighted by molar-refractivity contribution is -0.0344. The number of aliphatic hydroxyl groups is 1. The highest BCUT2D eigenvalue weighted by Crippen LogP contribution is 2.13. The third kappa shape index (κ3) is 5.00. The van der Waals surface area contributed by atoms with Gasteiger partial charge in [-0.1, -0.05) is 61.5 Å². The van der Waals surface area contributed by atoms with Crippen LogP contribution in [-0.4, -0.2) is 17.3 Å². The van der Waals surface area contributed by atoms with E-state index in [1.165, 1.54) is 5.56 Å². The maximum atomic E-state index is 10.3. The van der Waals surface area contributed by atoms with Crippen molar-refractivity contribution in [1.82, 2.24) is 0 Å². The monoisotopic (exact) mass is 284 g/mol. The molecule has 0 aromatic heterocycles. The molecule has 2 aromatic rings. The maximum Gasteiger partial charge on any atom is 0.0839 e. The molecule has 21 heavy (non-hydrogen) atoms. The van der Waals surface area contributed by atoms with Crippen LogP contribution < -0.4 is 0 Å². The van der Waals surface area contributed by atoms with Crippen LogP contribution in [0.3, 0.4) is 0 Å². The summed E-state index contributed by atoms with van der Waals surface area (Å²) in [5.41, 5.74) is 3.60. The minimum absolute atomic E-state index is 0.185. The molecule has 2 heteroatoms. The van der Waals surface area contributed by atoms with E-state index in [4.69, 9.17) is 4.74 Å². The fourth-order valence-corrected chi connectivity index (χ4v) is 2.30. The Bertz CT molecular complexity index is 536. The summed E-state index contributed by atoms with van der Waals surface area (Å²) in [4.78, 5) is 0. The Balaban J connectivity index is 1.85. The Morgan fingerprint density at radius 2 is 1.62 bits per heavy atom. The summed E-state index contributed by atoms with van der Waals surface area (Å²) in [5.74, 6) is 0. The molecular formula is C19H24O2. The topological polar surface area (TPSA) is 29.5 Å². The molecule has 0 amide bonds. The van der Waals surface area contributed by atoms with Crippen LogP contribution in [-0.2, 0) is 24.2 Å². The van der Waals surface area contributed by atoms with Crippen molar-refractivity contribution in [3.8, 4) is 0 Å². The van der Waals surface area contributed by atoms with E-state index >= 15 is 0 Å². The van der Waals surface area contributed by atoms with E-state index in [-0.39, 0.29) is 6.10 Å². The molecule has 0 unspecified atom stereocenters. The second-order valence-electron chi connectivity index (χ2n) is 5.45. The molecule has 0 aliphatic heterocycles. The molecule has 0 saturated carbocycles. The molecule has 0 aliphatic rings. The Morgan fingerprint density at radius 1 is 0.952 bits per heavy atom. The molecule has 2 atom stereocenters. The summed E-state index contributed by atoms with van der Waals surface area (Å²) in [7, 11) is 0. The van der Waals surface area contributed by atoms with E-state index in [2.05, 4.69) is 31.2 Å². The molecule has 1 N–H and O–H groups in total. The molecule has 0 fully saturated rings. The first-order valence-electron chi connectivity index (χ1n) is 7.60. The SMILES string of the molecule is CCc1cccc(C[C@H](O)[C@H](C)OCc2ccccc2)c1. The van der Waals surface area contributed by atoms with Crippen LogP contribution >= 0.6 is 0 Å². The quantitative estimate of drug-likeness (QED) is 0.839. The number of ether oxygens (including phenoxy) is 1. The van der Waals surface area contributed by atoms with Gasteiger partial charge < -0.3 is 9.84 Å². The van der Waals surface area contributed by atoms with Crippen LogP contribution in [0.2, 0.25) is 0 Å². The predicted octanol–water partition coefficient (Wildman–Crippen LogP) is 3.76. The van der Waals surface area contributed by atoms with E-state index in [0.717, 1.165) is 17.5 Å². The van der Waals surface area contributed by atoms with Crippen molar-refractivity contribution in [2.24, 2.45) is 0 Å². The Morgan fingerprint density at radius 3 is 2.33 bits per heavy atom. The van der Waals surface area contributed by atoms with Crippen LogP contribution in [0.4, 0.5) is 0 Å². The number of benzene rings is 2. The molecular weight excluding hydrogens is 260 g/mol. The average molecular weight is 284 g/mol. The van der Waals surface area contributed by atoms with Crippen molar-refractivity contribution in [2.45, 2.75) is 45.5 Å². The molecule has 0 heterocycles. The van der Waals surface area contributed by atoms with Gasteiger partial charge in [0.05, 0.1) is 18.8 Å². The smallest absolute Gasteiger partial charge is 0.0839 e. The van der Waals surface area contributed by atoms with E-state index in [0.29, 0.717) is 13.0 Å². The van der Waals surface area contributed by atoms with Gasteiger partial charge in [0.25, 0.3) is 0 Å². The first-order valence-corrected chi connectivity index (χ1v) is 7.60. The summed E-state index contributed by atoms with van der Waals surface area (Å²) < 4.78 is 5.77. The summed E-state index contributed by atoms with van der Waals surface area (Å²) >= 11 is 0. The lowest BCUT2D eigenvalue weighted by atomic mass is 10.0. The second-order valence-corrected chi connectivity index (χ2v) is 5.45. The summed E-state index contributed by atoms with van der Waals surface area (Å²) in [6.07, 6.45) is 0.977. The van der Waals surface area contributed by atoms with Crippen LogP contribution in [0.5, 0.6) is 0 Å². The number of hydrogen-bond donors (Lipinski definition) is 1. The van der Waals surface area contributed by atoms with E-state index in [1.807, 2.05) is 37.3 Å². The van der Waals surface area contributed by atoms with Crippen molar-refractivity contribution in [3.05, 3.63) is 71.3 Å². The highest BCUT2D eigenvalue weighted by atomic mass is 16.5. The van der Waals surface area contributed by atoms with Gasteiger partial charge in [0.2, 0.25) is 0 Å². The van der Waals surface area contributed by atoms with E-state index in [1.54, 1.807) is 0 Å². The number of aliphatic hydroxyl groups excluding tert-OH is 1. The fourth-order valence-electron chi connectivity index (χ4n) is 2.30. The Labute approximate surface area is 127 Å². The van der Waals surface area contributed by atoms with Gasteiger partial charge in [-0.05, 0) is 30.0 Å². The van der Waals surface area contributed by atoms with Crippen LogP contribution in [0.25, 0.3) is 0 Å². The van der Waals surface area contributed by atoms with Gasteiger partial charge in [-0.15, -0.1) is 0 Å². The standard InChI is InChI=1S/C19H24O2/c1-3-16-10-7-11-18(12-16)13-19(20)15(2)21-14-17-8-5-4-6-9-17/h4-12,15,19-20H,3,13-14H2,1-2H3/t15-,19-/m0/s1. The maximum absolute atomic E-state index is 10.3. The van der Waals surface area contributed by atoms with Crippen molar-refractivity contribution in [3.63, 3.8) is 0 Å². The van der Waals surface area contributed by atoms with E-state index < -0.39 is 6.10 Å². The Kier molecular flexibility index (Phi) is 5.97. The van der Waals surface area contributed by atoms with E-state index in [9.17, 15) is 5.11 Å². The number of hydrogen-bond acceptors (Lipinski definition) is 2. The van der Waals surface area contributed by atoms with Gasteiger partial charge in [-0.2, -0.15) is 0 Å². The normalized spacial score (nSPS) is 13.9. The lowest BCUT2D eigenvalue weighted by Gasteiger charge is -2.20. The molecule has 2 rings (SSSR count). The summed E-state index contributed by atoms with van der Waals surface area (Å²) in [6.45, 7) is 4.60. The van der Waals surface area contributed by atoms with Gasteiger partial charge in [0, 0.05) is 6.42 Å². The minimum atomic E-state index is -0.485. The summed E-state index contributed by atoms with van der Waals surface area (Å²) in [5, 5.41) is 10.3. The number of rotatable bonds is 7. The van der Waals surface area contributed by atoms with Crippen molar-refractivity contribution >= 4 is 0 Å². The highest BCUT2D eigenvalue weighted by molar-refractivity contribution is 5.24. The molecule has 0 spiro atoms. The zero-order chi connectivity index (χ0) is 15.1. The van der Waals surface area contributed by atoms with Crippen LogP contribution in [0.15, 0.2) is 54.6 Å². The van der Waals surface area contributed by atoms with Gasteiger partial charge in [0.15, 0.2) is 0 Å². The molecule has 2 nitrogen and oxygen atoms in total. The third-order valence-electron chi connectivity index (χ3n) is 3.74. The van der Waals surface area contributed by atoms with Crippen molar-refractivity contribution in [2.75, 3.05) is 0 Å². The van der Waals surface area contributed by atoms with Gasteiger partial charge >= 0.3 is 0 Å². The zero-order valence-electron chi connectivity index (χ0n) is 12.8. The first kappa shape index (κ1) is 15.7. The third-order valence-corrected chi connectivity index (χ3v) is 3.74. The molecule has 0 saturated heterocycles. The molecule has 2 aromatic carbocycles. The van der Waals surface area contributed by atoms with Crippen molar-refractivity contribution < 1.29 is 9.84 Å². The zero-order valence-corrected chi connectivity index (χ0v) is 12.8. The van der Waals surface area contributed by atoms with Crippen LogP contribution in [0, 0.1) is 0 Å². The summed E-state index contributed by atoms with van der Waals surface area (Å²) in [6, 6.07) is 18.4. The van der Waals surface area contributed by atoms with Gasteiger partial charge in [-0.25, -0.2) is 0 Å².